The van der Waals surface area contributed by atoms with Crippen molar-refractivity contribution in [1.82, 2.24) is 10.3 Å². The highest BCUT2D eigenvalue weighted by molar-refractivity contribution is 7.16. The van der Waals surface area contributed by atoms with Crippen molar-refractivity contribution < 1.29 is 9.90 Å². The minimum atomic E-state index is -0.102. The second-order valence-electron chi connectivity index (χ2n) is 4.64. The van der Waals surface area contributed by atoms with Gasteiger partial charge < -0.3 is 10.4 Å². The summed E-state index contributed by atoms with van der Waals surface area (Å²) in [5, 5.41) is 12.5. The van der Waals surface area contributed by atoms with Crippen LogP contribution in [0.4, 0.5) is 0 Å². The van der Waals surface area contributed by atoms with E-state index in [0.717, 1.165) is 17.0 Å². The molecule has 1 aromatic heterocycles. The molecule has 1 amide bonds. The molecule has 5 heteroatoms. The molecule has 0 saturated carbocycles. The Bertz CT molecular complexity index is 554. The maximum Gasteiger partial charge on any atom is 0.263 e. The van der Waals surface area contributed by atoms with Gasteiger partial charge in [0.25, 0.3) is 5.91 Å². The summed E-state index contributed by atoms with van der Waals surface area (Å²) in [6, 6.07) is 9.86. The molecule has 0 saturated heterocycles. The molecule has 0 radical (unpaired) electrons. The number of aliphatic hydroxyl groups excluding tert-OH is 1. The van der Waals surface area contributed by atoms with Gasteiger partial charge in [0.15, 0.2) is 0 Å². The highest BCUT2D eigenvalue weighted by atomic mass is 32.1. The van der Waals surface area contributed by atoms with Crippen LogP contribution in [-0.4, -0.2) is 28.6 Å². The SMILES string of the molecule is CC(CCCO)NC(=O)c1cnc(-c2ccccc2)s1. The van der Waals surface area contributed by atoms with E-state index in [1.165, 1.54) is 11.3 Å². The summed E-state index contributed by atoms with van der Waals surface area (Å²) in [5.74, 6) is -0.102. The monoisotopic (exact) mass is 290 g/mol. The molecule has 1 atom stereocenters. The van der Waals surface area contributed by atoms with Crippen LogP contribution in [0.25, 0.3) is 10.6 Å². The number of benzene rings is 1. The normalized spacial score (nSPS) is 12.1. The zero-order valence-corrected chi connectivity index (χ0v) is 12.2. The van der Waals surface area contributed by atoms with Crippen molar-refractivity contribution >= 4 is 17.2 Å². The van der Waals surface area contributed by atoms with Gasteiger partial charge in [-0.05, 0) is 19.8 Å². The van der Waals surface area contributed by atoms with Crippen molar-refractivity contribution in [1.29, 1.82) is 0 Å². The Kier molecular flexibility index (Phi) is 5.26. The maximum atomic E-state index is 12.1. The molecule has 0 fully saturated rings. The molecule has 2 N–H and O–H groups in total. The largest absolute Gasteiger partial charge is 0.396 e. The van der Waals surface area contributed by atoms with Crippen LogP contribution in [0.15, 0.2) is 36.5 Å². The molecule has 4 nitrogen and oxygen atoms in total. The molecule has 20 heavy (non-hydrogen) atoms. The van der Waals surface area contributed by atoms with E-state index < -0.39 is 0 Å². The second-order valence-corrected chi connectivity index (χ2v) is 5.67. The number of thiazole rings is 1. The fourth-order valence-electron chi connectivity index (χ4n) is 1.86. The molecular formula is C15H18N2O2S. The lowest BCUT2D eigenvalue weighted by molar-refractivity contribution is 0.0940. The summed E-state index contributed by atoms with van der Waals surface area (Å²) in [6.07, 6.45) is 3.08. The summed E-state index contributed by atoms with van der Waals surface area (Å²) in [5.41, 5.74) is 1.02. The Balaban J connectivity index is 2.00. The topological polar surface area (TPSA) is 62.2 Å². The number of rotatable bonds is 6. The summed E-state index contributed by atoms with van der Waals surface area (Å²) < 4.78 is 0. The van der Waals surface area contributed by atoms with Gasteiger partial charge in [-0.25, -0.2) is 4.98 Å². The molecule has 1 unspecified atom stereocenters. The Labute approximate surface area is 122 Å². The predicted octanol–water partition coefficient (Wildman–Crippen LogP) is 2.70. The molecule has 2 aromatic rings. The van der Waals surface area contributed by atoms with Gasteiger partial charge in [-0.3, -0.25) is 4.79 Å². The number of aliphatic hydroxyl groups is 1. The number of carbonyl (C=O) groups is 1. The highest BCUT2D eigenvalue weighted by Gasteiger charge is 2.13. The van der Waals surface area contributed by atoms with Crippen molar-refractivity contribution in [2.24, 2.45) is 0 Å². The first-order valence-electron chi connectivity index (χ1n) is 6.63. The smallest absolute Gasteiger partial charge is 0.263 e. The van der Waals surface area contributed by atoms with E-state index in [1.807, 2.05) is 37.3 Å². The number of hydrogen-bond acceptors (Lipinski definition) is 4. The quantitative estimate of drug-likeness (QED) is 0.860. The first-order valence-corrected chi connectivity index (χ1v) is 7.45. The van der Waals surface area contributed by atoms with E-state index in [1.54, 1.807) is 6.20 Å². The minimum Gasteiger partial charge on any atom is -0.396 e. The molecule has 2 rings (SSSR count). The van der Waals surface area contributed by atoms with Crippen LogP contribution in [0, 0.1) is 0 Å². The summed E-state index contributed by atoms with van der Waals surface area (Å²) in [4.78, 5) is 17.0. The van der Waals surface area contributed by atoms with Crippen LogP contribution < -0.4 is 5.32 Å². The molecule has 0 aliphatic carbocycles. The summed E-state index contributed by atoms with van der Waals surface area (Å²) >= 11 is 1.39. The number of hydrogen-bond donors (Lipinski definition) is 2. The van der Waals surface area contributed by atoms with Gasteiger partial charge in [0.1, 0.15) is 9.88 Å². The van der Waals surface area contributed by atoms with Crippen molar-refractivity contribution in [3.05, 3.63) is 41.4 Å². The average Bonchev–Trinajstić information content (AvgIpc) is 2.96. The summed E-state index contributed by atoms with van der Waals surface area (Å²) in [6.45, 7) is 2.09. The van der Waals surface area contributed by atoms with E-state index in [9.17, 15) is 4.79 Å². The van der Waals surface area contributed by atoms with Crippen LogP contribution in [0.2, 0.25) is 0 Å². The third kappa shape index (κ3) is 3.88. The van der Waals surface area contributed by atoms with Crippen molar-refractivity contribution in [3.8, 4) is 10.6 Å². The zero-order valence-electron chi connectivity index (χ0n) is 11.4. The third-order valence-corrected chi connectivity index (χ3v) is 3.97. The van der Waals surface area contributed by atoms with Gasteiger partial charge in [0, 0.05) is 18.2 Å². The Morgan fingerprint density at radius 1 is 1.40 bits per heavy atom. The fraction of sp³-hybridized carbons (Fsp3) is 0.333. The molecule has 0 spiro atoms. The lowest BCUT2D eigenvalue weighted by atomic mass is 10.2. The maximum absolute atomic E-state index is 12.1. The van der Waals surface area contributed by atoms with Crippen LogP contribution in [-0.2, 0) is 0 Å². The van der Waals surface area contributed by atoms with Crippen LogP contribution in [0.5, 0.6) is 0 Å². The number of nitrogens with zero attached hydrogens (tertiary/aromatic N) is 1. The molecule has 1 heterocycles. The molecule has 0 aliphatic heterocycles. The van der Waals surface area contributed by atoms with E-state index >= 15 is 0 Å². The zero-order chi connectivity index (χ0) is 14.4. The Morgan fingerprint density at radius 2 is 2.15 bits per heavy atom. The molecule has 0 aliphatic rings. The van der Waals surface area contributed by atoms with Crippen molar-refractivity contribution in [2.45, 2.75) is 25.8 Å². The standard InChI is InChI=1S/C15H18N2O2S/c1-11(6-5-9-18)17-14(19)13-10-16-15(20-13)12-7-3-2-4-8-12/h2-4,7-8,10-11,18H,5-6,9H2,1H3,(H,17,19). The van der Waals surface area contributed by atoms with Crippen LogP contribution in [0.3, 0.4) is 0 Å². The van der Waals surface area contributed by atoms with Crippen molar-refractivity contribution in [2.75, 3.05) is 6.61 Å². The number of amides is 1. The lowest BCUT2D eigenvalue weighted by Gasteiger charge is -2.11. The van der Waals surface area contributed by atoms with E-state index in [4.69, 9.17) is 5.11 Å². The van der Waals surface area contributed by atoms with E-state index in [0.29, 0.717) is 11.3 Å². The van der Waals surface area contributed by atoms with E-state index in [2.05, 4.69) is 10.3 Å². The van der Waals surface area contributed by atoms with Gasteiger partial charge in [0.05, 0.1) is 6.20 Å². The summed E-state index contributed by atoms with van der Waals surface area (Å²) in [7, 11) is 0. The highest BCUT2D eigenvalue weighted by Crippen LogP contribution is 2.24. The van der Waals surface area contributed by atoms with Gasteiger partial charge in [-0.15, -0.1) is 11.3 Å². The lowest BCUT2D eigenvalue weighted by Crippen LogP contribution is -2.32. The fourth-order valence-corrected chi connectivity index (χ4v) is 2.68. The number of aromatic nitrogens is 1. The number of nitrogens with one attached hydrogen (secondary N) is 1. The molecular weight excluding hydrogens is 272 g/mol. The second kappa shape index (κ2) is 7.17. The first-order chi connectivity index (χ1) is 9.70. The Hall–Kier alpha value is -1.72. The van der Waals surface area contributed by atoms with Crippen molar-refractivity contribution in [3.63, 3.8) is 0 Å². The predicted molar refractivity (Wildman–Crippen MR) is 80.8 cm³/mol. The van der Waals surface area contributed by atoms with Gasteiger partial charge in [0.2, 0.25) is 0 Å². The molecule has 0 bridgehead atoms. The Morgan fingerprint density at radius 3 is 2.85 bits per heavy atom. The average molecular weight is 290 g/mol. The molecule has 106 valence electrons. The van der Waals surface area contributed by atoms with Crippen LogP contribution >= 0.6 is 11.3 Å². The first kappa shape index (κ1) is 14.7. The third-order valence-electron chi connectivity index (χ3n) is 2.92. The minimum absolute atomic E-state index is 0.0527. The molecule has 1 aromatic carbocycles. The van der Waals surface area contributed by atoms with E-state index in [-0.39, 0.29) is 18.6 Å². The van der Waals surface area contributed by atoms with Crippen LogP contribution in [0.1, 0.15) is 29.4 Å². The van der Waals surface area contributed by atoms with Gasteiger partial charge in [-0.2, -0.15) is 0 Å². The number of carbonyl (C=O) groups excluding carboxylic acids is 1. The van der Waals surface area contributed by atoms with Gasteiger partial charge in [-0.1, -0.05) is 30.3 Å². The van der Waals surface area contributed by atoms with Gasteiger partial charge >= 0.3 is 0 Å².